The van der Waals surface area contributed by atoms with Gasteiger partial charge < -0.3 is 24.1 Å². The van der Waals surface area contributed by atoms with Gasteiger partial charge in [0, 0.05) is 18.9 Å². The molecule has 2 bridgehead atoms. The van der Waals surface area contributed by atoms with Crippen LogP contribution in [0.1, 0.15) is 67.7 Å². The third-order valence-corrected chi connectivity index (χ3v) is 7.53. The minimum absolute atomic E-state index is 0.00911. The van der Waals surface area contributed by atoms with Crippen LogP contribution in [0.15, 0.2) is 12.2 Å². The first-order valence-corrected chi connectivity index (χ1v) is 12.2. The van der Waals surface area contributed by atoms with Crippen LogP contribution in [0, 0.1) is 23.7 Å². The van der Waals surface area contributed by atoms with Gasteiger partial charge in [0.15, 0.2) is 0 Å². The molecule has 5 unspecified atom stereocenters. The lowest BCUT2D eigenvalue weighted by Gasteiger charge is -2.42. The van der Waals surface area contributed by atoms with Crippen LogP contribution in [0.25, 0.3) is 0 Å². The molecule has 0 aromatic heterocycles. The molecule has 190 valence electrons. The van der Waals surface area contributed by atoms with E-state index in [1.807, 2.05) is 27.7 Å². The highest BCUT2D eigenvalue weighted by atomic mass is 16.6. The van der Waals surface area contributed by atoms with Crippen molar-refractivity contribution in [3.05, 3.63) is 12.2 Å². The summed E-state index contributed by atoms with van der Waals surface area (Å²) < 4.78 is 24.1. The van der Waals surface area contributed by atoms with Gasteiger partial charge in [-0.2, -0.15) is 0 Å². The van der Waals surface area contributed by atoms with Crippen LogP contribution < -0.4 is 0 Å². The van der Waals surface area contributed by atoms with Crippen molar-refractivity contribution in [2.75, 3.05) is 20.3 Å². The molecule has 7 heteroatoms. The van der Waals surface area contributed by atoms with Crippen LogP contribution in [-0.4, -0.2) is 66.7 Å². The molecule has 7 nitrogen and oxygen atoms in total. The normalized spacial score (nSPS) is 44.4. The zero-order valence-corrected chi connectivity index (χ0v) is 21.7. The van der Waals surface area contributed by atoms with E-state index in [4.69, 9.17) is 18.9 Å². The number of fused-ring (bicyclic) bond motifs is 5. The molecule has 2 heterocycles. The molecule has 1 N–H and O–H groups in total. The highest BCUT2D eigenvalue weighted by molar-refractivity contribution is 5.83. The van der Waals surface area contributed by atoms with Crippen LogP contribution in [-0.2, 0) is 28.5 Å². The molecule has 9 atom stereocenters. The number of esters is 1. The highest BCUT2D eigenvalue weighted by Crippen LogP contribution is 2.38. The summed E-state index contributed by atoms with van der Waals surface area (Å²) in [7, 11) is 1.59. The average molecular weight is 469 g/mol. The Bertz CT molecular complexity index is 717. The number of Topliss-reactive ketones (excluding diaryl/α,β-unsaturated/α-hetero) is 1. The summed E-state index contributed by atoms with van der Waals surface area (Å²) in [6, 6.07) is 0. The Labute approximate surface area is 199 Å². The number of aliphatic hydroxyl groups is 1. The molecule has 0 aromatic carbocycles. The van der Waals surface area contributed by atoms with Crippen molar-refractivity contribution < 1.29 is 33.6 Å². The Morgan fingerprint density at radius 2 is 1.73 bits per heavy atom. The first-order chi connectivity index (χ1) is 15.3. The second-order valence-electron chi connectivity index (χ2n) is 10.7. The number of carbonyl (C=O) groups excluding carboxylic acids is 2. The maximum atomic E-state index is 13.5. The number of methoxy groups -OCH3 is 1. The van der Waals surface area contributed by atoms with Gasteiger partial charge in [-0.1, -0.05) is 34.3 Å². The van der Waals surface area contributed by atoms with E-state index in [9.17, 15) is 14.7 Å². The first kappa shape index (κ1) is 28.0. The lowest BCUT2D eigenvalue weighted by Crippen LogP contribution is -2.57. The van der Waals surface area contributed by atoms with Gasteiger partial charge in [-0.05, 0) is 51.5 Å². The van der Waals surface area contributed by atoms with E-state index in [2.05, 4.69) is 6.58 Å². The van der Waals surface area contributed by atoms with Crippen molar-refractivity contribution in [3.8, 4) is 0 Å². The summed E-state index contributed by atoms with van der Waals surface area (Å²) in [6.45, 7) is 17.5. The predicted molar refractivity (Wildman–Crippen MR) is 126 cm³/mol. The Morgan fingerprint density at radius 3 is 2.30 bits per heavy atom. The Morgan fingerprint density at radius 1 is 1.09 bits per heavy atom. The SMILES string of the molecule is C=C1CO[C@@H]2[C@@H](C)C(=O)[C@H](C)C[C@](C)(CC(C)C(OC)C(C)C(=O)OC(CC)C2(C)O)OC1. The molecule has 0 saturated carbocycles. The van der Waals surface area contributed by atoms with Crippen LogP contribution in [0.3, 0.4) is 0 Å². The Kier molecular flexibility index (Phi) is 9.30. The molecule has 0 spiro atoms. The summed E-state index contributed by atoms with van der Waals surface area (Å²) in [5.74, 6) is -1.96. The molecule has 2 saturated heterocycles. The van der Waals surface area contributed by atoms with E-state index in [0.717, 1.165) is 5.57 Å². The Balaban J connectivity index is 2.66. The summed E-state index contributed by atoms with van der Waals surface area (Å²) in [5.41, 5.74) is -1.49. The second-order valence-corrected chi connectivity index (χ2v) is 10.7. The van der Waals surface area contributed by atoms with Crippen LogP contribution in [0.5, 0.6) is 0 Å². The number of ether oxygens (including phenoxy) is 4. The van der Waals surface area contributed by atoms with Gasteiger partial charge >= 0.3 is 5.97 Å². The number of ketones is 1. The third-order valence-electron chi connectivity index (χ3n) is 7.53. The molecule has 2 aliphatic rings. The number of hydrogen-bond donors (Lipinski definition) is 1. The van der Waals surface area contributed by atoms with E-state index in [-0.39, 0.29) is 30.8 Å². The first-order valence-electron chi connectivity index (χ1n) is 12.2. The van der Waals surface area contributed by atoms with Gasteiger partial charge in [0.1, 0.15) is 17.5 Å². The standard InChI is InChI=1S/C26H44O7/c1-10-20-26(8,29)23-18(5)21(27)16(3)11-25(7,32-14-15(2)13-31-23)12-17(4)22(30-9)19(6)24(28)33-20/h16-20,22-23,29H,2,10-14H2,1,3-9H3/t16-,17?,18+,19?,20?,22?,23-,25-,26?/m1/s1. The van der Waals surface area contributed by atoms with Crippen molar-refractivity contribution in [1.82, 2.24) is 0 Å². The van der Waals surface area contributed by atoms with E-state index < -0.39 is 47.3 Å². The monoisotopic (exact) mass is 468 g/mol. The summed E-state index contributed by atoms with van der Waals surface area (Å²) in [4.78, 5) is 26.7. The zero-order valence-electron chi connectivity index (χ0n) is 21.7. The van der Waals surface area contributed by atoms with Gasteiger partial charge in [-0.25, -0.2) is 0 Å². The molecule has 2 aliphatic heterocycles. The average Bonchev–Trinajstić information content (AvgIpc) is 2.75. The maximum Gasteiger partial charge on any atom is 0.311 e. The summed E-state index contributed by atoms with van der Waals surface area (Å²) >= 11 is 0. The topological polar surface area (TPSA) is 91.3 Å². The molecular formula is C26H44O7. The van der Waals surface area contributed by atoms with Gasteiger partial charge in [0.05, 0.1) is 36.9 Å². The largest absolute Gasteiger partial charge is 0.459 e. The molecular weight excluding hydrogens is 424 g/mol. The lowest BCUT2D eigenvalue weighted by atomic mass is 9.75. The van der Waals surface area contributed by atoms with E-state index in [1.54, 1.807) is 27.9 Å². The van der Waals surface area contributed by atoms with Crippen molar-refractivity contribution in [2.24, 2.45) is 23.7 Å². The molecule has 0 amide bonds. The quantitative estimate of drug-likeness (QED) is 0.488. The van der Waals surface area contributed by atoms with Crippen molar-refractivity contribution in [2.45, 2.75) is 97.2 Å². The van der Waals surface area contributed by atoms with Gasteiger partial charge in [0.2, 0.25) is 0 Å². The van der Waals surface area contributed by atoms with Crippen molar-refractivity contribution in [1.29, 1.82) is 0 Å². The molecule has 0 aromatic rings. The van der Waals surface area contributed by atoms with Crippen LogP contribution in [0.2, 0.25) is 0 Å². The number of hydrogen-bond acceptors (Lipinski definition) is 7. The van der Waals surface area contributed by atoms with Gasteiger partial charge in [-0.3, -0.25) is 9.59 Å². The zero-order chi connectivity index (χ0) is 25.1. The van der Waals surface area contributed by atoms with Crippen molar-refractivity contribution in [3.63, 3.8) is 0 Å². The molecule has 0 aliphatic carbocycles. The van der Waals surface area contributed by atoms with Gasteiger partial charge in [-0.15, -0.1) is 0 Å². The fourth-order valence-corrected chi connectivity index (χ4v) is 5.80. The summed E-state index contributed by atoms with van der Waals surface area (Å²) in [6.07, 6.45) is -0.648. The summed E-state index contributed by atoms with van der Waals surface area (Å²) in [5, 5.41) is 11.7. The number of rotatable bonds is 2. The molecule has 2 fully saturated rings. The minimum Gasteiger partial charge on any atom is -0.459 e. The van der Waals surface area contributed by atoms with Crippen LogP contribution in [0.4, 0.5) is 0 Å². The smallest absolute Gasteiger partial charge is 0.311 e. The number of carbonyl (C=O) groups is 2. The minimum atomic E-state index is -1.59. The predicted octanol–water partition coefficient (Wildman–Crippen LogP) is 3.71. The molecule has 33 heavy (non-hydrogen) atoms. The second kappa shape index (κ2) is 11.0. The van der Waals surface area contributed by atoms with E-state index >= 15 is 0 Å². The third kappa shape index (κ3) is 6.24. The van der Waals surface area contributed by atoms with Crippen LogP contribution >= 0.6 is 0 Å². The van der Waals surface area contributed by atoms with E-state index in [1.165, 1.54) is 0 Å². The van der Waals surface area contributed by atoms with Gasteiger partial charge in [0.25, 0.3) is 0 Å². The molecule has 0 radical (unpaired) electrons. The lowest BCUT2D eigenvalue weighted by molar-refractivity contribution is -0.200. The number of cyclic esters (lactones) is 1. The maximum absolute atomic E-state index is 13.5. The fraction of sp³-hybridized carbons (Fsp3) is 0.846. The fourth-order valence-electron chi connectivity index (χ4n) is 5.80. The van der Waals surface area contributed by atoms with Crippen molar-refractivity contribution >= 4 is 11.8 Å². The molecule has 2 rings (SSSR count). The Hall–Kier alpha value is -1.28. The van der Waals surface area contributed by atoms with E-state index in [0.29, 0.717) is 19.3 Å². The highest BCUT2D eigenvalue weighted by Gasteiger charge is 2.49.